The number of ketones is 1. The minimum absolute atomic E-state index is 0.0723. The summed E-state index contributed by atoms with van der Waals surface area (Å²) in [6.07, 6.45) is -10.2. The topological polar surface area (TPSA) is 17.1 Å². The average molecular weight is 355 g/mol. The molecule has 0 aliphatic carbocycles. The van der Waals surface area contributed by atoms with Gasteiger partial charge in [0.05, 0.1) is 10.6 Å². The van der Waals surface area contributed by atoms with E-state index in [4.69, 9.17) is 11.6 Å². The van der Waals surface area contributed by atoms with Gasteiger partial charge in [-0.15, -0.1) is 0 Å². The van der Waals surface area contributed by atoms with Crippen molar-refractivity contribution in [3.63, 3.8) is 0 Å². The summed E-state index contributed by atoms with van der Waals surface area (Å²) in [6.45, 7) is 0. The number of hydrogen-bond donors (Lipinski definition) is 0. The Morgan fingerprint density at radius 2 is 1.61 bits per heavy atom. The van der Waals surface area contributed by atoms with Crippen molar-refractivity contribution in [1.82, 2.24) is 0 Å². The van der Waals surface area contributed by atoms with Crippen LogP contribution in [0.25, 0.3) is 0 Å². The van der Waals surface area contributed by atoms with Crippen molar-refractivity contribution in [3.05, 3.63) is 32.8 Å². The van der Waals surface area contributed by atoms with E-state index in [-0.39, 0.29) is 6.07 Å². The quantitative estimate of drug-likeness (QED) is 0.519. The van der Waals surface area contributed by atoms with Crippen LogP contribution >= 0.6 is 27.5 Å². The van der Waals surface area contributed by atoms with Crippen LogP contribution in [0.15, 0.2) is 16.6 Å². The maximum absolute atomic E-state index is 12.5. The van der Waals surface area contributed by atoms with E-state index in [0.29, 0.717) is 6.07 Å². The first kappa shape index (κ1) is 15.3. The summed E-state index contributed by atoms with van der Waals surface area (Å²) in [5, 5.41) is -0.804. The Hall–Kier alpha value is -0.760. The van der Waals surface area contributed by atoms with Gasteiger partial charge in [0.25, 0.3) is 5.78 Å². The minimum Gasteiger partial charge on any atom is -0.284 e. The van der Waals surface area contributed by atoms with E-state index in [2.05, 4.69) is 15.9 Å². The van der Waals surface area contributed by atoms with E-state index in [1.807, 2.05) is 0 Å². The van der Waals surface area contributed by atoms with Crippen LogP contribution in [0.4, 0.5) is 26.3 Å². The lowest BCUT2D eigenvalue weighted by molar-refractivity contribution is -0.137. The van der Waals surface area contributed by atoms with Gasteiger partial charge in [0, 0.05) is 10.0 Å². The van der Waals surface area contributed by atoms with Gasteiger partial charge in [-0.05, 0) is 28.1 Å². The van der Waals surface area contributed by atoms with E-state index < -0.39 is 38.8 Å². The van der Waals surface area contributed by atoms with Gasteiger partial charge in [-0.3, -0.25) is 4.79 Å². The molecular formula is C9H2BrClF6O. The number of alkyl halides is 6. The third-order valence-corrected chi connectivity index (χ3v) is 3.11. The van der Waals surface area contributed by atoms with Crippen molar-refractivity contribution < 1.29 is 31.1 Å². The van der Waals surface area contributed by atoms with Gasteiger partial charge in [0.1, 0.15) is 0 Å². The Morgan fingerprint density at radius 3 is 2.00 bits per heavy atom. The summed E-state index contributed by atoms with van der Waals surface area (Å²) < 4.78 is 73.3. The zero-order valence-electron chi connectivity index (χ0n) is 8.09. The second kappa shape index (κ2) is 4.73. The molecular weight excluding hydrogens is 353 g/mol. The van der Waals surface area contributed by atoms with Crippen LogP contribution in [0.5, 0.6) is 0 Å². The molecule has 0 fully saturated rings. The van der Waals surface area contributed by atoms with Crippen molar-refractivity contribution in [3.8, 4) is 0 Å². The van der Waals surface area contributed by atoms with Crippen LogP contribution in [0.2, 0.25) is 5.02 Å². The summed E-state index contributed by atoms with van der Waals surface area (Å²) >= 11 is 7.88. The third-order valence-electron chi connectivity index (χ3n) is 1.85. The summed E-state index contributed by atoms with van der Waals surface area (Å²) in [7, 11) is 0. The predicted molar refractivity (Wildman–Crippen MR) is 54.5 cm³/mol. The summed E-state index contributed by atoms with van der Waals surface area (Å²) in [5.41, 5.74) is -2.64. The largest absolute Gasteiger partial charge is 0.454 e. The fraction of sp³-hybridized carbons (Fsp3) is 0.222. The lowest BCUT2D eigenvalue weighted by Crippen LogP contribution is -2.23. The van der Waals surface area contributed by atoms with E-state index >= 15 is 0 Å². The Bertz CT molecular complexity index is 493. The Kier molecular flexibility index (Phi) is 4.02. The summed E-state index contributed by atoms with van der Waals surface area (Å²) in [6, 6.07) is 0.663. The molecule has 1 aromatic rings. The van der Waals surface area contributed by atoms with E-state index in [9.17, 15) is 31.1 Å². The van der Waals surface area contributed by atoms with Crippen LogP contribution in [0, 0.1) is 0 Å². The first-order chi connectivity index (χ1) is 7.94. The zero-order chi connectivity index (χ0) is 14.3. The molecule has 1 aromatic carbocycles. The minimum atomic E-state index is -5.25. The van der Waals surface area contributed by atoms with Gasteiger partial charge in [-0.2, -0.15) is 26.3 Å². The third kappa shape index (κ3) is 3.17. The number of halogens is 8. The molecule has 0 bridgehead atoms. The van der Waals surface area contributed by atoms with Crippen molar-refractivity contribution in [2.24, 2.45) is 0 Å². The molecule has 18 heavy (non-hydrogen) atoms. The second-order valence-corrected chi connectivity index (χ2v) is 4.38. The van der Waals surface area contributed by atoms with E-state index in [0.717, 1.165) is 0 Å². The van der Waals surface area contributed by atoms with Gasteiger partial charge >= 0.3 is 12.4 Å². The van der Waals surface area contributed by atoms with Gasteiger partial charge in [0.15, 0.2) is 0 Å². The molecule has 0 unspecified atom stereocenters. The van der Waals surface area contributed by atoms with Crippen molar-refractivity contribution in [1.29, 1.82) is 0 Å². The maximum Gasteiger partial charge on any atom is 0.454 e. The highest BCUT2D eigenvalue weighted by Crippen LogP contribution is 2.40. The Morgan fingerprint density at radius 1 is 1.11 bits per heavy atom. The normalized spacial score (nSPS) is 12.7. The summed E-state index contributed by atoms with van der Waals surface area (Å²) in [4.78, 5) is 10.9. The van der Waals surface area contributed by atoms with E-state index in [1.165, 1.54) is 0 Å². The van der Waals surface area contributed by atoms with Crippen LogP contribution in [0.1, 0.15) is 15.9 Å². The lowest BCUT2D eigenvalue weighted by atomic mass is 10.1. The van der Waals surface area contributed by atoms with Crippen molar-refractivity contribution in [2.45, 2.75) is 12.4 Å². The number of hydrogen-bond acceptors (Lipinski definition) is 1. The van der Waals surface area contributed by atoms with Crippen molar-refractivity contribution in [2.75, 3.05) is 0 Å². The predicted octanol–water partition coefficient (Wildman–Crippen LogP) is 4.87. The molecule has 0 spiro atoms. The first-order valence-electron chi connectivity index (χ1n) is 4.12. The van der Waals surface area contributed by atoms with E-state index in [1.54, 1.807) is 0 Å². The second-order valence-electron chi connectivity index (χ2n) is 3.14. The van der Waals surface area contributed by atoms with Crippen molar-refractivity contribution >= 4 is 33.3 Å². The molecule has 1 nitrogen and oxygen atoms in total. The average Bonchev–Trinajstić information content (AvgIpc) is 2.17. The standard InChI is InChI=1S/C9H2BrClF6O/c10-5-2-3(7(18)9(15,16)17)1-4(6(5)11)8(12,13)14/h1-2H. The molecule has 0 radical (unpaired) electrons. The lowest BCUT2D eigenvalue weighted by Gasteiger charge is -2.13. The molecule has 0 N–H and O–H groups in total. The number of Topliss-reactive ketones (excluding diaryl/α,β-unsaturated/α-hetero) is 1. The van der Waals surface area contributed by atoms with Gasteiger partial charge < -0.3 is 0 Å². The Labute approximate surface area is 110 Å². The number of rotatable bonds is 1. The zero-order valence-corrected chi connectivity index (χ0v) is 10.4. The molecule has 0 aliphatic heterocycles. The number of carbonyl (C=O) groups is 1. The van der Waals surface area contributed by atoms with Crippen LogP contribution in [0.3, 0.4) is 0 Å². The molecule has 0 aliphatic rings. The maximum atomic E-state index is 12.5. The molecule has 0 heterocycles. The molecule has 0 amide bonds. The molecule has 1 rings (SSSR count). The van der Waals surface area contributed by atoms with Crippen LogP contribution < -0.4 is 0 Å². The highest BCUT2D eigenvalue weighted by molar-refractivity contribution is 9.10. The molecule has 0 atom stereocenters. The molecule has 0 aromatic heterocycles. The van der Waals surface area contributed by atoms with Crippen LogP contribution in [-0.4, -0.2) is 12.0 Å². The Balaban J connectivity index is 3.43. The highest BCUT2D eigenvalue weighted by atomic mass is 79.9. The van der Waals surface area contributed by atoms with Gasteiger partial charge in [-0.1, -0.05) is 11.6 Å². The first-order valence-corrected chi connectivity index (χ1v) is 5.29. The fourth-order valence-electron chi connectivity index (χ4n) is 1.09. The highest BCUT2D eigenvalue weighted by Gasteiger charge is 2.41. The molecule has 0 saturated carbocycles. The monoisotopic (exact) mass is 354 g/mol. The smallest absolute Gasteiger partial charge is 0.284 e. The molecule has 9 heteroatoms. The number of benzene rings is 1. The van der Waals surface area contributed by atoms with Gasteiger partial charge in [0.2, 0.25) is 0 Å². The molecule has 100 valence electrons. The molecule has 0 saturated heterocycles. The number of carbonyl (C=O) groups excluding carboxylic acids is 1. The van der Waals surface area contributed by atoms with Crippen LogP contribution in [-0.2, 0) is 6.18 Å². The van der Waals surface area contributed by atoms with Gasteiger partial charge in [-0.25, -0.2) is 0 Å². The fourth-order valence-corrected chi connectivity index (χ4v) is 1.77. The summed E-state index contributed by atoms with van der Waals surface area (Å²) in [5.74, 6) is -2.37. The SMILES string of the molecule is O=C(c1cc(Br)c(Cl)c(C(F)(F)F)c1)C(F)(F)F.